The highest BCUT2D eigenvalue weighted by Crippen LogP contribution is 2.21. The third-order valence-electron chi connectivity index (χ3n) is 5.02. The monoisotopic (exact) mass is 371 g/mol. The van der Waals surface area contributed by atoms with Gasteiger partial charge in [0.1, 0.15) is 18.8 Å². The molecule has 2 aromatic rings. The smallest absolute Gasteiger partial charge is 0.355 e. The molecule has 27 heavy (non-hydrogen) atoms. The van der Waals surface area contributed by atoms with Gasteiger partial charge in [-0.1, -0.05) is 24.3 Å². The van der Waals surface area contributed by atoms with Crippen LogP contribution in [-0.2, 0) is 29.0 Å². The molecule has 144 valence electrons. The second-order valence-electron chi connectivity index (χ2n) is 6.79. The first-order chi connectivity index (χ1) is 13.0. The predicted molar refractivity (Wildman–Crippen MR) is 101 cm³/mol. The molecule has 0 radical (unpaired) electrons. The summed E-state index contributed by atoms with van der Waals surface area (Å²) in [6.45, 7) is 8.38. The molecular weight excluding hydrogens is 344 g/mol. The number of H-pyrrole nitrogens is 1. The van der Waals surface area contributed by atoms with Crippen molar-refractivity contribution in [2.75, 3.05) is 19.8 Å². The summed E-state index contributed by atoms with van der Waals surface area (Å²) in [5.74, 6) is -0.834. The minimum atomic E-state index is -0.439. The average molecular weight is 371 g/mol. The number of carbonyl (C=O) groups is 2. The van der Waals surface area contributed by atoms with Crippen molar-refractivity contribution in [2.45, 2.75) is 40.3 Å². The molecule has 0 saturated heterocycles. The van der Waals surface area contributed by atoms with Crippen LogP contribution < -0.4 is 4.90 Å². The molecule has 1 unspecified atom stereocenters. The molecule has 0 bridgehead atoms. The van der Waals surface area contributed by atoms with Crippen molar-refractivity contribution < 1.29 is 24.0 Å². The number of hydrogen-bond donors (Lipinski definition) is 2. The van der Waals surface area contributed by atoms with Crippen molar-refractivity contribution >= 4 is 11.9 Å². The Morgan fingerprint density at radius 2 is 1.74 bits per heavy atom. The molecule has 6 heteroatoms. The largest absolute Gasteiger partial charge is 0.462 e. The molecule has 1 aromatic carbocycles. The van der Waals surface area contributed by atoms with Crippen molar-refractivity contribution in [1.82, 2.24) is 4.98 Å². The number of rotatable bonds is 6. The van der Waals surface area contributed by atoms with Crippen LogP contribution in [0.2, 0.25) is 0 Å². The Labute approximate surface area is 159 Å². The summed E-state index contributed by atoms with van der Waals surface area (Å²) in [7, 11) is 0. The molecular formula is C21H27N2O4+. The van der Waals surface area contributed by atoms with E-state index in [1.807, 2.05) is 0 Å². The van der Waals surface area contributed by atoms with E-state index in [2.05, 4.69) is 29.2 Å². The molecule has 3 rings (SSSR count). The second-order valence-corrected chi connectivity index (χ2v) is 6.79. The number of nitrogens with one attached hydrogen (secondary N) is 2. The van der Waals surface area contributed by atoms with E-state index in [0.717, 1.165) is 25.2 Å². The number of esters is 2. The van der Waals surface area contributed by atoms with Crippen LogP contribution in [0.15, 0.2) is 24.3 Å². The molecule has 0 aliphatic carbocycles. The molecule has 1 aromatic heterocycles. The molecule has 0 fully saturated rings. The lowest BCUT2D eigenvalue weighted by Crippen LogP contribution is -3.10. The van der Waals surface area contributed by atoms with Crippen molar-refractivity contribution in [2.24, 2.45) is 0 Å². The maximum absolute atomic E-state index is 12.5. The molecule has 0 amide bonds. The number of ether oxygens (including phenoxy) is 2. The normalized spacial score (nSPS) is 15.9. The zero-order chi connectivity index (χ0) is 19.4. The van der Waals surface area contributed by atoms with Gasteiger partial charge in [0, 0.05) is 12.0 Å². The molecule has 2 N–H and O–H groups in total. The number of fused-ring (bicyclic) bond motifs is 1. The van der Waals surface area contributed by atoms with Crippen molar-refractivity contribution in [3.8, 4) is 0 Å². The van der Waals surface area contributed by atoms with E-state index in [1.165, 1.54) is 16.0 Å². The number of carbonyl (C=O) groups excluding carboxylic acids is 2. The van der Waals surface area contributed by atoms with Crippen LogP contribution in [0.25, 0.3) is 0 Å². The predicted octanol–water partition coefficient (Wildman–Crippen LogP) is 1.82. The second kappa shape index (κ2) is 8.39. The van der Waals surface area contributed by atoms with Crippen LogP contribution in [-0.4, -0.2) is 36.7 Å². The Balaban J connectivity index is 1.88. The summed E-state index contributed by atoms with van der Waals surface area (Å²) in [6, 6.07) is 8.46. The zero-order valence-electron chi connectivity index (χ0n) is 16.2. The van der Waals surface area contributed by atoms with Gasteiger partial charge in [0.25, 0.3) is 0 Å². The lowest BCUT2D eigenvalue weighted by molar-refractivity contribution is -0.929. The first-order valence-corrected chi connectivity index (χ1v) is 9.51. The van der Waals surface area contributed by atoms with E-state index >= 15 is 0 Å². The average Bonchev–Trinajstić information content (AvgIpc) is 2.98. The van der Waals surface area contributed by atoms with Crippen molar-refractivity contribution in [3.05, 3.63) is 57.9 Å². The maximum Gasteiger partial charge on any atom is 0.355 e. The first kappa shape index (κ1) is 19.2. The fourth-order valence-corrected chi connectivity index (χ4v) is 3.72. The maximum atomic E-state index is 12.5. The fourth-order valence-electron chi connectivity index (χ4n) is 3.72. The molecule has 1 aliphatic rings. The lowest BCUT2D eigenvalue weighted by atomic mass is 9.99. The Hall–Kier alpha value is -2.60. The highest BCUT2D eigenvalue weighted by molar-refractivity contribution is 5.98. The summed E-state index contributed by atoms with van der Waals surface area (Å²) in [5, 5.41) is 0. The van der Waals surface area contributed by atoms with Crippen LogP contribution in [0.5, 0.6) is 0 Å². The molecule has 0 saturated carbocycles. The zero-order valence-corrected chi connectivity index (χ0v) is 16.2. The van der Waals surface area contributed by atoms with Gasteiger partial charge in [0.2, 0.25) is 0 Å². The first-order valence-electron chi connectivity index (χ1n) is 9.51. The van der Waals surface area contributed by atoms with Gasteiger partial charge < -0.3 is 19.4 Å². The third kappa shape index (κ3) is 4.06. The molecule has 1 atom stereocenters. The van der Waals surface area contributed by atoms with Crippen LogP contribution >= 0.6 is 0 Å². The number of benzene rings is 1. The van der Waals surface area contributed by atoms with Gasteiger partial charge in [-0.15, -0.1) is 0 Å². The summed E-state index contributed by atoms with van der Waals surface area (Å²) in [4.78, 5) is 29.3. The highest BCUT2D eigenvalue weighted by Gasteiger charge is 2.29. The van der Waals surface area contributed by atoms with Crippen LogP contribution in [0.4, 0.5) is 0 Å². The van der Waals surface area contributed by atoms with Gasteiger partial charge in [-0.25, -0.2) is 9.59 Å². The van der Waals surface area contributed by atoms with Gasteiger partial charge in [-0.3, -0.25) is 0 Å². The highest BCUT2D eigenvalue weighted by atomic mass is 16.5. The number of aromatic nitrogens is 1. The number of quaternary nitrogens is 1. The summed E-state index contributed by atoms with van der Waals surface area (Å²) < 4.78 is 10.4. The topological polar surface area (TPSA) is 72.8 Å². The van der Waals surface area contributed by atoms with Crippen molar-refractivity contribution in [1.29, 1.82) is 0 Å². The van der Waals surface area contributed by atoms with E-state index in [-0.39, 0.29) is 6.61 Å². The van der Waals surface area contributed by atoms with Gasteiger partial charge in [0.15, 0.2) is 0 Å². The Bertz CT molecular complexity index is 841. The fraction of sp³-hybridized carbons (Fsp3) is 0.429. The minimum absolute atomic E-state index is 0.287. The third-order valence-corrected chi connectivity index (χ3v) is 5.02. The summed E-state index contributed by atoms with van der Waals surface area (Å²) in [5.41, 5.74) is 4.87. The quantitative estimate of drug-likeness (QED) is 0.760. The summed E-state index contributed by atoms with van der Waals surface area (Å²) >= 11 is 0. The molecule has 0 spiro atoms. The van der Waals surface area contributed by atoms with E-state index in [1.54, 1.807) is 20.8 Å². The SMILES string of the molecule is CCOC(=O)c1[nH]c(C[NH+]2CCc3ccccc3C2)c(C(=O)OCC)c1C. The van der Waals surface area contributed by atoms with Crippen LogP contribution in [0.1, 0.15) is 57.1 Å². The van der Waals surface area contributed by atoms with Gasteiger partial charge >= 0.3 is 11.9 Å². The van der Waals surface area contributed by atoms with Crippen LogP contribution in [0, 0.1) is 6.92 Å². The van der Waals surface area contributed by atoms with Crippen LogP contribution in [0.3, 0.4) is 0 Å². The lowest BCUT2D eigenvalue weighted by Gasteiger charge is -2.25. The van der Waals surface area contributed by atoms with E-state index in [4.69, 9.17) is 9.47 Å². The van der Waals surface area contributed by atoms with E-state index in [9.17, 15) is 9.59 Å². The van der Waals surface area contributed by atoms with Crippen molar-refractivity contribution in [3.63, 3.8) is 0 Å². The van der Waals surface area contributed by atoms with E-state index in [0.29, 0.717) is 30.0 Å². The summed E-state index contributed by atoms with van der Waals surface area (Å²) in [6.07, 6.45) is 1.00. The standard InChI is InChI=1S/C21H26N2O4/c1-4-26-20(24)18-14(3)19(21(25)27-5-2)22-17(18)13-23-11-10-15-8-6-7-9-16(15)12-23/h6-9,22H,4-5,10-13H2,1-3H3/p+1. The van der Waals surface area contributed by atoms with Gasteiger partial charge in [-0.2, -0.15) is 0 Å². The Morgan fingerprint density at radius 1 is 1.07 bits per heavy atom. The molecule has 6 nitrogen and oxygen atoms in total. The molecule has 2 heterocycles. The van der Waals surface area contributed by atoms with Gasteiger partial charge in [-0.05, 0) is 31.9 Å². The minimum Gasteiger partial charge on any atom is -0.462 e. The Morgan fingerprint density at radius 3 is 2.44 bits per heavy atom. The number of hydrogen-bond acceptors (Lipinski definition) is 4. The molecule has 1 aliphatic heterocycles. The van der Waals surface area contributed by atoms with E-state index < -0.39 is 11.9 Å². The van der Waals surface area contributed by atoms with Gasteiger partial charge in [0.05, 0.1) is 31.0 Å². The number of aromatic amines is 1. The Kier molecular flexibility index (Phi) is 5.96.